The lowest BCUT2D eigenvalue weighted by molar-refractivity contribution is -0.141. The molecule has 0 spiro atoms. The lowest BCUT2D eigenvalue weighted by Crippen LogP contribution is -2.50. The number of phenols is 5. The number of aliphatic hydroxyl groups is 2. The molecular formula is C30H28O10. The van der Waals surface area contributed by atoms with Gasteiger partial charge in [0.1, 0.15) is 40.4 Å². The Kier molecular flexibility index (Phi) is 7.14. The summed E-state index contributed by atoms with van der Waals surface area (Å²) in [6.07, 6.45) is -1.75. The van der Waals surface area contributed by atoms with Crippen LogP contribution in [-0.2, 0) is 9.53 Å². The molecule has 0 bridgehead atoms. The van der Waals surface area contributed by atoms with Gasteiger partial charge >= 0.3 is 0 Å². The number of carbonyl (C=O) groups excluding carboxylic acids is 2. The Balaban J connectivity index is 1.73. The van der Waals surface area contributed by atoms with Crippen LogP contribution in [0.1, 0.15) is 40.2 Å². The van der Waals surface area contributed by atoms with Crippen LogP contribution in [0, 0.1) is 11.8 Å². The number of rotatable bonds is 6. The van der Waals surface area contributed by atoms with Crippen LogP contribution in [0.15, 0.2) is 72.5 Å². The summed E-state index contributed by atoms with van der Waals surface area (Å²) in [5, 5.41) is 71.7. The van der Waals surface area contributed by atoms with Gasteiger partial charge in [-0.05, 0) is 35.4 Å². The molecule has 1 saturated carbocycles. The molecule has 0 amide bonds. The summed E-state index contributed by atoms with van der Waals surface area (Å²) in [5.41, 5.74) is 0.255. The van der Waals surface area contributed by atoms with Gasteiger partial charge in [-0.25, -0.2) is 0 Å². The summed E-state index contributed by atoms with van der Waals surface area (Å²) in [6.45, 7) is 0. The molecule has 1 heterocycles. The first kappa shape index (κ1) is 27.0. The van der Waals surface area contributed by atoms with Gasteiger partial charge in [-0.3, -0.25) is 9.59 Å². The molecule has 5 atom stereocenters. The molecule has 0 radical (unpaired) electrons. The monoisotopic (exact) mass is 548 g/mol. The molecule has 5 rings (SSSR count). The minimum Gasteiger partial charge on any atom is -0.508 e. The quantitative estimate of drug-likeness (QED) is 0.226. The zero-order valence-corrected chi connectivity index (χ0v) is 21.1. The third kappa shape index (κ3) is 4.94. The van der Waals surface area contributed by atoms with E-state index < -0.39 is 70.4 Å². The first-order valence-electron chi connectivity index (χ1n) is 12.7. The van der Waals surface area contributed by atoms with E-state index in [-0.39, 0.29) is 29.9 Å². The first-order valence-corrected chi connectivity index (χ1v) is 12.7. The van der Waals surface area contributed by atoms with E-state index in [1.54, 1.807) is 24.3 Å². The molecule has 0 saturated heterocycles. The number of hydrogen-bond acceptors (Lipinski definition) is 10. The normalized spacial score (nSPS) is 23.2. The minimum atomic E-state index is -1.44. The highest BCUT2D eigenvalue weighted by Gasteiger charge is 2.49. The maximum atomic E-state index is 14.3. The van der Waals surface area contributed by atoms with Crippen LogP contribution in [0.4, 0.5) is 0 Å². The Morgan fingerprint density at radius 2 is 1.30 bits per heavy atom. The van der Waals surface area contributed by atoms with Gasteiger partial charge in [0, 0.05) is 36.5 Å². The van der Waals surface area contributed by atoms with Crippen LogP contribution in [0.25, 0.3) is 0 Å². The Hall–Kier alpha value is -4.54. The standard InChI is InChI=1S/C30H28O10/c31-16-5-1-14(2-6-16)25(15-3-7-17(32)8-4-15)26(30(39)27-21(35)9-18(33)10-22(27)36)20-13-40-24-12-19(34)11-23(37)28(24)29(20)38/h1-10,13,19,23-26,28,31-37H,11-12H2. The number of ketones is 2. The highest BCUT2D eigenvalue weighted by molar-refractivity contribution is 6.11. The van der Waals surface area contributed by atoms with Gasteiger partial charge in [-0.1, -0.05) is 24.3 Å². The van der Waals surface area contributed by atoms with E-state index in [9.17, 15) is 45.3 Å². The van der Waals surface area contributed by atoms with Crippen molar-refractivity contribution in [3.63, 3.8) is 0 Å². The van der Waals surface area contributed by atoms with Gasteiger partial charge in [-0.2, -0.15) is 0 Å². The fourth-order valence-corrected chi connectivity index (χ4v) is 5.72. The minimum absolute atomic E-state index is 0.0482. The van der Waals surface area contributed by atoms with E-state index in [1.165, 1.54) is 24.3 Å². The summed E-state index contributed by atoms with van der Waals surface area (Å²) < 4.78 is 5.81. The van der Waals surface area contributed by atoms with Crippen LogP contribution in [0.5, 0.6) is 28.7 Å². The van der Waals surface area contributed by atoms with Crippen molar-refractivity contribution in [3.05, 3.63) is 89.2 Å². The molecule has 40 heavy (non-hydrogen) atoms. The molecule has 1 fully saturated rings. The predicted molar refractivity (Wildman–Crippen MR) is 140 cm³/mol. The molecule has 1 aliphatic carbocycles. The number of carbonyl (C=O) groups is 2. The SMILES string of the molecule is O=C(c1c(O)cc(O)cc1O)C(C1=COC2CC(O)CC(O)C2C1=O)C(c1ccc(O)cc1)c1ccc(O)cc1. The molecule has 3 aromatic rings. The summed E-state index contributed by atoms with van der Waals surface area (Å²) >= 11 is 0. The smallest absolute Gasteiger partial charge is 0.178 e. The van der Waals surface area contributed by atoms with E-state index in [1.807, 2.05) is 0 Å². The number of fused-ring (bicyclic) bond motifs is 1. The number of aromatic hydroxyl groups is 5. The van der Waals surface area contributed by atoms with Crippen molar-refractivity contribution in [3.8, 4) is 28.7 Å². The molecule has 1 aliphatic heterocycles. The number of phenolic OH excluding ortho intramolecular Hbond substituents is 5. The van der Waals surface area contributed by atoms with E-state index in [0.29, 0.717) is 11.1 Å². The van der Waals surface area contributed by atoms with Crippen molar-refractivity contribution in [2.45, 2.75) is 37.1 Å². The van der Waals surface area contributed by atoms with Gasteiger partial charge in [0.2, 0.25) is 0 Å². The van der Waals surface area contributed by atoms with E-state index in [4.69, 9.17) is 4.74 Å². The fourth-order valence-electron chi connectivity index (χ4n) is 5.72. The molecule has 7 N–H and O–H groups in total. The summed E-state index contributed by atoms with van der Waals surface area (Å²) in [6, 6.07) is 13.6. The molecule has 5 unspecified atom stereocenters. The van der Waals surface area contributed by atoms with Gasteiger partial charge in [0.05, 0.1) is 30.3 Å². The number of ether oxygens (including phenoxy) is 1. The average Bonchev–Trinajstić information content (AvgIpc) is 2.88. The molecule has 3 aromatic carbocycles. The second-order valence-electron chi connectivity index (χ2n) is 10.2. The van der Waals surface area contributed by atoms with Crippen LogP contribution in [0.3, 0.4) is 0 Å². The summed E-state index contributed by atoms with van der Waals surface area (Å²) in [7, 11) is 0. The third-order valence-corrected chi connectivity index (χ3v) is 7.57. The first-order chi connectivity index (χ1) is 19.0. The van der Waals surface area contributed by atoms with E-state index in [0.717, 1.165) is 18.4 Å². The van der Waals surface area contributed by atoms with Gasteiger partial charge in [0.25, 0.3) is 0 Å². The van der Waals surface area contributed by atoms with Crippen LogP contribution >= 0.6 is 0 Å². The second-order valence-corrected chi connectivity index (χ2v) is 10.2. The number of hydrogen-bond donors (Lipinski definition) is 7. The molecule has 10 nitrogen and oxygen atoms in total. The summed E-state index contributed by atoms with van der Waals surface area (Å²) in [5.74, 6) is -6.97. The highest BCUT2D eigenvalue weighted by Crippen LogP contribution is 2.46. The van der Waals surface area contributed by atoms with Crippen molar-refractivity contribution in [1.82, 2.24) is 0 Å². The van der Waals surface area contributed by atoms with Crippen molar-refractivity contribution < 1.29 is 50.1 Å². The Morgan fingerprint density at radius 1 is 0.775 bits per heavy atom. The summed E-state index contributed by atoms with van der Waals surface area (Å²) in [4.78, 5) is 28.3. The number of allylic oxidation sites excluding steroid dienone is 1. The van der Waals surface area contributed by atoms with Crippen molar-refractivity contribution in [2.24, 2.45) is 11.8 Å². The molecule has 10 heteroatoms. The Bertz CT molecular complexity index is 1390. The Morgan fingerprint density at radius 3 is 1.82 bits per heavy atom. The lowest BCUT2D eigenvalue weighted by Gasteiger charge is -2.41. The van der Waals surface area contributed by atoms with Crippen LogP contribution in [-0.4, -0.2) is 65.6 Å². The number of Topliss-reactive ketones (excluding diaryl/α,β-unsaturated/α-hetero) is 2. The van der Waals surface area contributed by atoms with Crippen molar-refractivity contribution >= 4 is 11.6 Å². The lowest BCUT2D eigenvalue weighted by atomic mass is 9.68. The highest BCUT2D eigenvalue weighted by atomic mass is 16.5. The topological polar surface area (TPSA) is 185 Å². The van der Waals surface area contributed by atoms with E-state index >= 15 is 0 Å². The van der Waals surface area contributed by atoms with Gasteiger partial charge in [-0.15, -0.1) is 0 Å². The van der Waals surface area contributed by atoms with Gasteiger partial charge in [0.15, 0.2) is 11.6 Å². The number of benzene rings is 3. The fraction of sp³-hybridized carbons (Fsp3) is 0.267. The predicted octanol–water partition coefficient (Wildman–Crippen LogP) is 2.83. The maximum absolute atomic E-state index is 14.3. The second kappa shape index (κ2) is 10.6. The Labute approximate surface area is 228 Å². The van der Waals surface area contributed by atoms with E-state index in [2.05, 4.69) is 0 Å². The zero-order chi connectivity index (χ0) is 28.7. The molecule has 208 valence electrons. The largest absolute Gasteiger partial charge is 0.508 e. The van der Waals surface area contributed by atoms with Crippen molar-refractivity contribution in [1.29, 1.82) is 0 Å². The van der Waals surface area contributed by atoms with Gasteiger partial charge < -0.3 is 40.5 Å². The molecule has 0 aromatic heterocycles. The molecule has 2 aliphatic rings. The average molecular weight is 549 g/mol. The van der Waals surface area contributed by atoms with Crippen molar-refractivity contribution in [2.75, 3.05) is 0 Å². The maximum Gasteiger partial charge on any atom is 0.178 e. The zero-order valence-electron chi connectivity index (χ0n) is 21.1. The third-order valence-electron chi connectivity index (χ3n) is 7.57. The molecular weight excluding hydrogens is 520 g/mol. The number of aliphatic hydroxyl groups excluding tert-OH is 2. The van der Waals surface area contributed by atoms with Crippen LogP contribution < -0.4 is 0 Å². The van der Waals surface area contributed by atoms with Crippen LogP contribution in [0.2, 0.25) is 0 Å².